The molecule has 0 bridgehead atoms. The Balaban J connectivity index is 1.51. The lowest BCUT2D eigenvalue weighted by Crippen LogP contribution is -2.37. The highest BCUT2D eigenvalue weighted by molar-refractivity contribution is 5.94. The molecule has 1 aromatic carbocycles. The highest BCUT2D eigenvalue weighted by atomic mass is 19.4. The van der Waals surface area contributed by atoms with Gasteiger partial charge in [-0.05, 0) is 42.5 Å². The van der Waals surface area contributed by atoms with Crippen LogP contribution in [0.2, 0.25) is 0 Å². The molecule has 2 N–H and O–H groups in total. The Morgan fingerprint density at radius 2 is 1.84 bits per heavy atom. The van der Waals surface area contributed by atoms with E-state index in [2.05, 4.69) is 20.7 Å². The minimum atomic E-state index is -4.41. The lowest BCUT2D eigenvalue weighted by molar-refractivity contribution is -0.144. The maximum Gasteiger partial charge on any atom is 0.389 e. The van der Waals surface area contributed by atoms with Gasteiger partial charge in [-0.1, -0.05) is 18.2 Å². The quantitative estimate of drug-likeness (QED) is 0.408. The van der Waals surface area contributed by atoms with Crippen LogP contribution in [0.15, 0.2) is 48.8 Å². The van der Waals surface area contributed by atoms with Crippen LogP contribution < -0.4 is 10.6 Å². The molecule has 1 atom stereocenters. The summed E-state index contributed by atoms with van der Waals surface area (Å²) >= 11 is 0. The average Bonchev–Trinajstić information content (AvgIpc) is 3.28. The molecule has 2 amide bonds. The van der Waals surface area contributed by atoms with Gasteiger partial charge in [-0.25, -0.2) is 18.3 Å². The summed E-state index contributed by atoms with van der Waals surface area (Å²) < 4.78 is 66.0. The number of rotatable bonds is 8. The van der Waals surface area contributed by atoms with Crippen molar-refractivity contribution in [2.75, 3.05) is 0 Å². The van der Waals surface area contributed by atoms with Crippen molar-refractivity contribution >= 4 is 17.5 Å². The molecule has 0 saturated heterocycles. The Hall–Kier alpha value is -3.57. The van der Waals surface area contributed by atoms with Crippen molar-refractivity contribution in [3.05, 3.63) is 65.6 Å². The van der Waals surface area contributed by atoms with Crippen LogP contribution in [0.4, 0.5) is 22.0 Å². The summed E-state index contributed by atoms with van der Waals surface area (Å²) in [5, 5.41) is 9.62. The minimum Gasteiger partial charge on any atom is -0.352 e. The van der Waals surface area contributed by atoms with E-state index in [9.17, 15) is 31.5 Å². The van der Waals surface area contributed by atoms with Crippen molar-refractivity contribution in [3.8, 4) is 0 Å². The summed E-state index contributed by atoms with van der Waals surface area (Å²) in [5.41, 5.74) is 1.79. The number of nitrogens with zero attached hydrogens (tertiary/aromatic N) is 3. The number of nitrogens with one attached hydrogen (secondary N) is 2. The number of halogens is 5. The molecule has 0 spiro atoms. The predicted octanol–water partition coefficient (Wildman–Crippen LogP) is 4.98. The summed E-state index contributed by atoms with van der Waals surface area (Å²) in [7, 11) is 0. The summed E-state index contributed by atoms with van der Waals surface area (Å²) in [6.45, 7) is -0.0335. The van der Waals surface area contributed by atoms with Crippen LogP contribution in [0.5, 0.6) is 0 Å². The number of amides is 2. The van der Waals surface area contributed by atoms with Crippen molar-refractivity contribution in [2.24, 2.45) is 5.92 Å². The number of hydrogen-bond donors (Lipinski definition) is 2. The van der Waals surface area contributed by atoms with Crippen LogP contribution in [0.3, 0.4) is 0 Å². The summed E-state index contributed by atoms with van der Waals surface area (Å²) in [4.78, 5) is 29.2. The van der Waals surface area contributed by atoms with Crippen molar-refractivity contribution in [1.29, 1.82) is 0 Å². The molecule has 198 valence electrons. The third-order valence-electron chi connectivity index (χ3n) is 6.39. The topological polar surface area (TPSA) is 88.4 Å². The van der Waals surface area contributed by atoms with E-state index < -0.39 is 36.9 Å². The highest BCUT2D eigenvalue weighted by Crippen LogP contribution is 2.41. The van der Waals surface area contributed by atoms with E-state index in [4.69, 9.17) is 0 Å². The zero-order valence-electron chi connectivity index (χ0n) is 19.8. The molecule has 1 saturated carbocycles. The summed E-state index contributed by atoms with van der Waals surface area (Å²) in [6.07, 6.45) is -3.36. The fraction of sp³-hybridized carbons (Fsp3) is 0.440. The van der Waals surface area contributed by atoms with Gasteiger partial charge in [0.2, 0.25) is 11.8 Å². The van der Waals surface area contributed by atoms with E-state index in [0.29, 0.717) is 22.5 Å². The van der Waals surface area contributed by atoms with E-state index in [-0.39, 0.29) is 44.1 Å². The molecule has 3 aromatic rings. The van der Waals surface area contributed by atoms with Crippen LogP contribution in [0.25, 0.3) is 5.65 Å². The zero-order chi connectivity index (χ0) is 26.6. The molecule has 12 heteroatoms. The van der Waals surface area contributed by atoms with Crippen LogP contribution in [-0.4, -0.2) is 38.5 Å². The van der Waals surface area contributed by atoms with Gasteiger partial charge in [0.25, 0.3) is 5.91 Å². The number of alkyl halides is 5. The largest absolute Gasteiger partial charge is 0.389 e. The molecule has 4 rings (SSSR count). The predicted molar refractivity (Wildman–Crippen MR) is 124 cm³/mol. The van der Waals surface area contributed by atoms with E-state index in [1.54, 1.807) is 42.6 Å². The molecule has 37 heavy (non-hydrogen) atoms. The van der Waals surface area contributed by atoms with E-state index >= 15 is 0 Å². The third kappa shape index (κ3) is 7.23. The van der Waals surface area contributed by atoms with Crippen molar-refractivity contribution < 1.29 is 31.5 Å². The molecule has 0 aliphatic heterocycles. The fourth-order valence-electron chi connectivity index (χ4n) is 4.37. The molecule has 7 nitrogen and oxygen atoms in total. The standard InChI is InChI=1S/C25H26F5N5O2/c26-24(27)9-6-17(7-10-24)22(34-23(37)18-4-2-1-3-5-18)19-15-35-20(33-19)12-16(14-32-35)13-31-21(36)8-11-25(28,29)30/h1-5,12,14-15,17,22H,6-11,13H2,(H,31,36)(H,34,37). The van der Waals surface area contributed by atoms with Gasteiger partial charge in [-0.3, -0.25) is 9.59 Å². The van der Waals surface area contributed by atoms with Crippen LogP contribution >= 0.6 is 0 Å². The number of carbonyl (C=O) groups excluding carboxylic acids is 2. The van der Waals surface area contributed by atoms with Crippen LogP contribution in [0.1, 0.15) is 66.2 Å². The van der Waals surface area contributed by atoms with Crippen LogP contribution in [0, 0.1) is 5.92 Å². The van der Waals surface area contributed by atoms with Gasteiger partial charge in [-0.15, -0.1) is 0 Å². The molecular formula is C25H26F5N5O2. The Labute approximate surface area is 209 Å². The fourth-order valence-corrected chi connectivity index (χ4v) is 4.37. The highest BCUT2D eigenvalue weighted by Gasteiger charge is 2.39. The molecule has 1 unspecified atom stereocenters. The van der Waals surface area contributed by atoms with E-state index in [1.807, 2.05) is 0 Å². The molecule has 2 aromatic heterocycles. The average molecular weight is 524 g/mol. The minimum absolute atomic E-state index is 0.0335. The molecule has 2 heterocycles. The second-order valence-corrected chi connectivity index (χ2v) is 9.23. The third-order valence-corrected chi connectivity index (χ3v) is 6.39. The van der Waals surface area contributed by atoms with Crippen molar-refractivity contribution in [2.45, 2.75) is 63.2 Å². The Kier molecular flexibility index (Phi) is 7.74. The van der Waals surface area contributed by atoms with Crippen molar-refractivity contribution in [3.63, 3.8) is 0 Å². The smallest absolute Gasteiger partial charge is 0.352 e. The number of aromatic nitrogens is 3. The van der Waals surface area contributed by atoms with Gasteiger partial charge in [-0.2, -0.15) is 18.3 Å². The first kappa shape index (κ1) is 26.5. The zero-order valence-corrected chi connectivity index (χ0v) is 19.8. The van der Waals surface area contributed by atoms with E-state index in [1.165, 1.54) is 10.7 Å². The first-order chi connectivity index (χ1) is 17.5. The molecular weight excluding hydrogens is 497 g/mol. The second kappa shape index (κ2) is 10.8. The number of carbonyl (C=O) groups is 2. The monoisotopic (exact) mass is 523 g/mol. The summed E-state index contributed by atoms with van der Waals surface area (Å²) in [5.74, 6) is -4.08. The van der Waals surface area contributed by atoms with Gasteiger partial charge in [0.1, 0.15) is 0 Å². The number of fused-ring (bicyclic) bond motifs is 1. The van der Waals surface area contributed by atoms with Gasteiger partial charge in [0, 0.05) is 31.4 Å². The Bertz CT molecular complexity index is 1240. The van der Waals surface area contributed by atoms with Crippen LogP contribution in [-0.2, 0) is 11.3 Å². The van der Waals surface area contributed by atoms with Crippen molar-refractivity contribution in [1.82, 2.24) is 25.2 Å². The SMILES string of the molecule is O=C(CCC(F)(F)F)NCc1cnn2cc(C(NC(=O)c3ccccc3)C3CCC(F)(F)CC3)nc2c1. The number of hydrogen-bond acceptors (Lipinski definition) is 4. The molecule has 1 aliphatic carbocycles. The Morgan fingerprint density at radius 1 is 1.14 bits per heavy atom. The lowest BCUT2D eigenvalue weighted by atomic mass is 9.81. The Morgan fingerprint density at radius 3 is 2.51 bits per heavy atom. The number of benzene rings is 1. The normalized spacial score (nSPS) is 16.9. The lowest BCUT2D eigenvalue weighted by Gasteiger charge is -2.33. The summed E-state index contributed by atoms with van der Waals surface area (Å²) in [6, 6.07) is 9.53. The van der Waals surface area contributed by atoms with Gasteiger partial charge in [0.15, 0.2) is 5.65 Å². The first-order valence-corrected chi connectivity index (χ1v) is 11.9. The number of imidazole rings is 1. The van der Waals surface area contributed by atoms with Gasteiger partial charge >= 0.3 is 6.18 Å². The van der Waals surface area contributed by atoms with E-state index in [0.717, 1.165) is 0 Å². The molecule has 0 radical (unpaired) electrons. The molecule has 1 fully saturated rings. The second-order valence-electron chi connectivity index (χ2n) is 9.23. The maximum absolute atomic E-state index is 13.8. The maximum atomic E-state index is 13.8. The van der Waals surface area contributed by atoms with Gasteiger partial charge < -0.3 is 10.6 Å². The first-order valence-electron chi connectivity index (χ1n) is 11.9. The van der Waals surface area contributed by atoms with Gasteiger partial charge in [0.05, 0.1) is 30.6 Å². The molecule has 1 aliphatic rings.